The lowest BCUT2D eigenvalue weighted by Gasteiger charge is -2.17. The summed E-state index contributed by atoms with van der Waals surface area (Å²) in [5.41, 5.74) is -3.43. The van der Waals surface area contributed by atoms with Crippen LogP contribution in [0.1, 0.15) is 29.4 Å². The number of rotatable bonds is 17. The van der Waals surface area contributed by atoms with Crippen LogP contribution in [0, 0.1) is 18.4 Å². The maximum absolute atomic E-state index is 13.6. The Balaban J connectivity index is 1.71. The Morgan fingerprint density at radius 3 is 2.07 bits per heavy atom. The van der Waals surface area contributed by atoms with E-state index in [0.717, 1.165) is 42.5 Å². The summed E-state index contributed by atoms with van der Waals surface area (Å²) in [4.78, 5) is 51.2. The van der Waals surface area contributed by atoms with Gasteiger partial charge in [-0.3, -0.25) is 23.8 Å². The third kappa shape index (κ3) is 10.1. The minimum Gasteiger partial charge on any atom is -0.461 e. The Morgan fingerprint density at radius 2 is 1.53 bits per heavy atom. The van der Waals surface area contributed by atoms with Crippen LogP contribution in [-0.4, -0.2) is 76.4 Å². The van der Waals surface area contributed by atoms with Crippen molar-refractivity contribution in [2.75, 3.05) is 11.6 Å². The van der Waals surface area contributed by atoms with Crippen LogP contribution in [0.4, 0.5) is 5.69 Å². The number of hydrogen-bond donors (Lipinski definition) is 5. The number of nitrogens with one attached hydrogen (secondary N) is 1. The third-order valence-electron chi connectivity index (χ3n) is 6.90. The van der Waals surface area contributed by atoms with Crippen LogP contribution in [0.3, 0.4) is 0 Å². The van der Waals surface area contributed by atoms with Gasteiger partial charge in [0.2, 0.25) is 0 Å². The first-order valence-corrected chi connectivity index (χ1v) is 18.9. The summed E-state index contributed by atoms with van der Waals surface area (Å²) in [5.74, 6) is -4.74. The molecule has 0 aliphatic carbocycles. The second kappa shape index (κ2) is 18.5. The Hall–Kier alpha value is -5.15. The normalized spacial score (nSPS) is 14.8. The highest BCUT2D eigenvalue weighted by Gasteiger charge is 2.42. The van der Waals surface area contributed by atoms with E-state index in [1.165, 1.54) is 25.2 Å². The largest absolute Gasteiger partial charge is 0.461 e. The van der Waals surface area contributed by atoms with Crippen molar-refractivity contribution < 1.29 is 79.1 Å². The summed E-state index contributed by atoms with van der Waals surface area (Å²) in [7, 11) is -9.95. The fourth-order valence-electron chi connectivity index (χ4n) is 4.73. The smallest absolute Gasteiger partial charge is 0.369 e. The number of terminal acetylenes is 1. The van der Waals surface area contributed by atoms with Crippen LogP contribution >= 0.6 is 24.1 Å². The van der Waals surface area contributed by atoms with Crippen molar-refractivity contribution in [1.29, 1.82) is 0 Å². The molecule has 22 nitrogen and oxygen atoms in total. The number of carbonyl (C=O) groups excluding carboxylic acids is 3. The molecule has 1 aliphatic rings. The van der Waals surface area contributed by atoms with Crippen molar-refractivity contribution in [3.05, 3.63) is 76.2 Å². The van der Waals surface area contributed by atoms with E-state index < -0.39 is 82.1 Å². The molecule has 292 valence electrons. The SMILES string of the molecule is C#COC(=O)C1=NN(c2cc(SOOO)ccc2S(=O)(=O)O)C(=O)C1CC=CC=Cc1c(C(=O)OCC)[nH]n(-c2cc(SOOO)ccc2S(=O)(=O)O)c1=O. The van der Waals surface area contributed by atoms with Gasteiger partial charge in [-0.1, -0.05) is 34.7 Å². The lowest BCUT2D eigenvalue weighted by atomic mass is 9.99. The molecule has 3 aromatic rings. The van der Waals surface area contributed by atoms with E-state index in [2.05, 4.69) is 33.7 Å². The van der Waals surface area contributed by atoms with Gasteiger partial charge in [0.1, 0.15) is 15.9 Å². The molecular weight excluding hydrogens is 821 g/mol. The second-order valence-corrected chi connectivity index (χ2v) is 14.5. The van der Waals surface area contributed by atoms with Crippen molar-refractivity contribution in [2.45, 2.75) is 32.9 Å². The molecule has 1 unspecified atom stereocenters. The van der Waals surface area contributed by atoms with E-state index >= 15 is 0 Å². The predicted octanol–water partition coefficient (Wildman–Crippen LogP) is 2.80. The summed E-state index contributed by atoms with van der Waals surface area (Å²) < 4.78 is 87.1. The van der Waals surface area contributed by atoms with E-state index in [1.807, 2.05) is 0 Å². The molecule has 0 bridgehead atoms. The molecule has 1 atom stereocenters. The zero-order valence-corrected chi connectivity index (χ0v) is 30.6. The summed E-state index contributed by atoms with van der Waals surface area (Å²) in [5, 5.41) is 30.8. The molecule has 5 N–H and O–H groups in total. The van der Waals surface area contributed by atoms with Crippen molar-refractivity contribution >= 4 is 79.6 Å². The molecule has 4 rings (SSSR count). The topological polar surface area (TPSA) is 309 Å². The molecule has 0 spiro atoms. The Kier molecular flexibility index (Phi) is 14.3. The van der Waals surface area contributed by atoms with E-state index in [4.69, 9.17) is 21.7 Å². The average molecular weight is 845 g/mol. The molecule has 2 aromatic carbocycles. The van der Waals surface area contributed by atoms with Crippen LogP contribution in [0.5, 0.6) is 0 Å². The van der Waals surface area contributed by atoms with Gasteiger partial charge < -0.3 is 9.47 Å². The highest BCUT2D eigenvalue weighted by Crippen LogP contribution is 2.35. The first-order valence-electron chi connectivity index (χ1n) is 14.5. The third-order valence-corrected chi connectivity index (χ3v) is 9.85. The quantitative estimate of drug-likeness (QED) is 0.0248. The molecule has 55 heavy (non-hydrogen) atoms. The molecule has 0 saturated carbocycles. The fourth-order valence-corrected chi connectivity index (χ4v) is 6.82. The van der Waals surface area contributed by atoms with Crippen molar-refractivity contribution in [3.8, 4) is 18.2 Å². The summed E-state index contributed by atoms with van der Waals surface area (Å²) >= 11 is 0.770. The summed E-state index contributed by atoms with van der Waals surface area (Å²) in [6.07, 6.45) is 11.3. The molecular formula is C29H24N4O18S4. The number of carbonyl (C=O) groups is 3. The van der Waals surface area contributed by atoms with E-state index in [0.29, 0.717) is 33.8 Å². The van der Waals surface area contributed by atoms with Crippen LogP contribution in [0.25, 0.3) is 11.8 Å². The van der Waals surface area contributed by atoms with Gasteiger partial charge in [0, 0.05) is 9.79 Å². The van der Waals surface area contributed by atoms with Crippen molar-refractivity contribution in [2.24, 2.45) is 11.0 Å². The monoisotopic (exact) mass is 844 g/mol. The Labute approximate surface area is 317 Å². The van der Waals surface area contributed by atoms with Gasteiger partial charge >= 0.3 is 11.9 Å². The number of H-pyrrole nitrogens is 1. The van der Waals surface area contributed by atoms with E-state index in [-0.39, 0.29) is 28.4 Å². The van der Waals surface area contributed by atoms with Crippen LogP contribution in [0.2, 0.25) is 0 Å². The van der Waals surface area contributed by atoms with Crippen molar-refractivity contribution in [3.63, 3.8) is 0 Å². The van der Waals surface area contributed by atoms with Gasteiger partial charge in [-0.25, -0.2) is 24.8 Å². The highest BCUT2D eigenvalue weighted by atomic mass is 32.2. The number of anilines is 1. The zero-order valence-electron chi connectivity index (χ0n) is 27.3. The fraction of sp³-hybridized carbons (Fsp3) is 0.138. The molecule has 1 aliphatic heterocycles. The van der Waals surface area contributed by atoms with E-state index in [1.54, 1.807) is 6.11 Å². The highest BCUT2D eigenvalue weighted by molar-refractivity contribution is 7.94. The van der Waals surface area contributed by atoms with Gasteiger partial charge in [0.25, 0.3) is 31.7 Å². The summed E-state index contributed by atoms with van der Waals surface area (Å²) in [6, 6.07) is 6.12. The maximum Gasteiger partial charge on any atom is 0.369 e. The van der Waals surface area contributed by atoms with Gasteiger partial charge in [-0.2, -0.15) is 26.9 Å². The second-order valence-electron chi connectivity index (χ2n) is 10.1. The van der Waals surface area contributed by atoms with Gasteiger partial charge in [-0.15, -0.1) is 8.67 Å². The van der Waals surface area contributed by atoms with Gasteiger partial charge in [0.15, 0.2) is 11.4 Å². The molecule has 1 amide bonds. The number of amides is 1. The average Bonchev–Trinajstić information content (AvgIpc) is 3.64. The Morgan fingerprint density at radius 1 is 0.945 bits per heavy atom. The van der Waals surface area contributed by atoms with Gasteiger partial charge in [-0.05, 0) is 55.8 Å². The number of esters is 2. The standard InChI is InChI=1S/C29H24N4O18S4/c1-3-46-28(36)24-18(26(34)32(30-24)20-14-16(52-50-48-38)10-12-22(20)54(40,41)42)8-6-5-7-9-19-25(29(37)47-4-2)31-33(27(19)35)21-15-17(53-51-49-39)11-13-23(21)55(43,44)45/h1,5-7,9-15,18,31,38-39H,4,8H2,2H3,(H,40,41,42)(H,43,44,45). The number of aromatic amines is 1. The number of ether oxygens (including phenoxy) is 2. The lowest BCUT2D eigenvalue weighted by Crippen LogP contribution is -2.30. The number of hydrazone groups is 1. The first-order chi connectivity index (χ1) is 26.1. The molecule has 0 radical (unpaired) electrons. The molecule has 0 saturated heterocycles. The first kappa shape index (κ1) is 42.6. The maximum atomic E-state index is 13.6. The van der Waals surface area contributed by atoms with Crippen LogP contribution < -0.4 is 10.6 Å². The molecule has 1 aromatic heterocycles. The summed E-state index contributed by atoms with van der Waals surface area (Å²) in [6.45, 7) is 1.35. The zero-order chi connectivity index (χ0) is 40.5. The van der Waals surface area contributed by atoms with Crippen LogP contribution in [-0.2, 0) is 58.0 Å². The van der Waals surface area contributed by atoms with E-state index in [9.17, 15) is 45.1 Å². The van der Waals surface area contributed by atoms with Crippen molar-refractivity contribution in [1.82, 2.24) is 9.78 Å². The predicted molar refractivity (Wildman–Crippen MR) is 186 cm³/mol. The van der Waals surface area contributed by atoms with Crippen LogP contribution in [0.15, 0.2) is 84.1 Å². The lowest BCUT2D eigenvalue weighted by molar-refractivity contribution is -0.432. The Bertz CT molecular complexity index is 2400. The molecule has 0 fully saturated rings. The number of hydrogen-bond acceptors (Lipinski definition) is 19. The number of benzene rings is 2. The molecule has 2 heterocycles. The molecule has 26 heteroatoms. The number of allylic oxidation sites excluding steroid dienone is 3. The minimum absolute atomic E-state index is 0.0396. The van der Waals surface area contributed by atoms with Gasteiger partial charge in [0.05, 0.1) is 53.5 Å². The minimum atomic E-state index is -4.99. The number of aromatic nitrogens is 2. The number of nitrogens with zero attached hydrogens (tertiary/aromatic N) is 3.